The summed E-state index contributed by atoms with van der Waals surface area (Å²) in [7, 11) is 0. The van der Waals surface area contributed by atoms with Crippen molar-refractivity contribution >= 4 is 23.5 Å². The molecule has 0 atom stereocenters. The predicted octanol–water partition coefficient (Wildman–Crippen LogP) is 0.539. The molecular formula is C5H8ClN5. The van der Waals surface area contributed by atoms with E-state index in [1.807, 2.05) is 0 Å². The molecule has 1 rings (SSSR count). The second kappa shape index (κ2) is 3.34. The number of aromatic nitrogens is 3. The van der Waals surface area contributed by atoms with Crippen LogP contribution >= 0.6 is 11.6 Å². The van der Waals surface area contributed by atoms with E-state index in [0.29, 0.717) is 6.54 Å². The van der Waals surface area contributed by atoms with Crippen molar-refractivity contribution in [2.75, 3.05) is 17.6 Å². The van der Waals surface area contributed by atoms with Crippen molar-refractivity contribution in [3.05, 3.63) is 5.28 Å². The number of nitrogen functional groups attached to an aromatic ring is 1. The average molecular weight is 177 g/mol. The molecule has 0 amide bonds. The number of hydrogen-bond donors (Lipinski definition) is 2. The van der Waals surface area contributed by atoms with Crippen molar-refractivity contribution in [3.8, 4) is 0 Å². The molecule has 0 bridgehead atoms. The van der Waals surface area contributed by atoms with E-state index in [0.717, 1.165) is 5.31 Å². The molecule has 0 unspecified atom stereocenters. The molecule has 0 saturated carbocycles. The fraction of sp³-hybridized carbons (Fsp3) is 0.400. The van der Waals surface area contributed by atoms with Gasteiger partial charge in [0.1, 0.15) is 0 Å². The monoisotopic (exact) mass is 176 g/mol. The van der Waals surface area contributed by atoms with Gasteiger partial charge in [-0.15, -0.1) is 0 Å². The van der Waals surface area contributed by atoms with Crippen LogP contribution in [0.15, 0.2) is 0 Å². The van der Waals surface area contributed by atoms with E-state index < -0.39 is 0 Å². The molecule has 0 aromatic carbocycles. The number of nitrogens with zero attached hydrogens (tertiary/aromatic N) is 3. The zero-order valence-electron chi connectivity index (χ0n) is 8.82. The second-order valence-electron chi connectivity index (χ2n) is 1.68. The molecule has 0 aliphatic carbocycles. The van der Waals surface area contributed by atoms with Gasteiger partial charge < -0.3 is 11.0 Å². The smallest absolute Gasteiger partial charge is 0.228 e. The van der Waals surface area contributed by atoms with E-state index in [1.165, 1.54) is 0 Å². The Labute approximate surface area is 73.4 Å². The van der Waals surface area contributed by atoms with Crippen LogP contribution in [0.5, 0.6) is 0 Å². The van der Waals surface area contributed by atoms with Crippen LogP contribution in [0.25, 0.3) is 0 Å². The fourth-order valence-corrected chi connectivity index (χ4v) is 0.693. The summed E-state index contributed by atoms with van der Waals surface area (Å²) in [4.78, 5) is 10.9. The highest BCUT2D eigenvalue weighted by Gasteiger charge is 1.98. The molecule has 1 aromatic heterocycles. The Bertz CT molecular complexity index is 322. The van der Waals surface area contributed by atoms with Crippen molar-refractivity contribution in [2.45, 2.75) is 6.92 Å². The van der Waals surface area contributed by atoms with E-state index in [-0.39, 0.29) is 22.9 Å². The Hall–Kier alpha value is -1.10. The molecule has 0 saturated heterocycles. The van der Waals surface area contributed by atoms with Gasteiger partial charge >= 0.3 is 0 Å². The van der Waals surface area contributed by atoms with Crippen molar-refractivity contribution in [1.82, 2.24) is 15.0 Å². The minimum absolute atomic E-state index is 0.0204. The van der Waals surface area contributed by atoms with Gasteiger partial charge in [-0.2, -0.15) is 15.0 Å². The second-order valence-corrected chi connectivity index (χ2v) is 2.02. The lowest BCUT2D eigenvalue weighted by Gasteiger charge is -2.00. The summed E-state index contributed by atoms with van der Waals surface area (Å²) in [6, 6.07) is 0. The third-order valence-corrected chi connectivity index (χ3v) is 1.05. The fourth-order valence-electron chi connectivity index (χ4n) is 0.542. The largest absolute Gasteiger partial charge is 0.368 e. The van der Waals surface area contributed by atoms with Crippen LogP contribution in [0.4, 0.5) is 11.9 Å². The van der Waals surface area contributed by atoms with E-state index >= 15 is 0 Å². The lowest BCUT2D eigenvalue weighted by molar-refractivity contribution is 1.03. The van der Waals surface area contributed by atoms with Gasteiger partial charge in [0.05, 0.1) is 0 Å². The van der Waals surface area contributed by atoms with Crippen LogP contribution < -0.4 is 11.0 Å². The van der Waals surface area contributed by atoms with Crippen LogP contribution in [-0.4, -0.2) is 21.5 Å². The quantitative estimate of drug-likeness (QED) is 0.703. The molecule has 1 heterocycles. The van der Waals surface area contributed by atoms with Gasteiger partial charge in [-0.25, -0.2) is 0 Å². The highest BCUT2D eigenvalue weighted by molar-refractivity contribution is 6.28. The number of nitrogens with two attached hydrogens (primary N) is 1. The first-order valence-electron chi connectivity index (χ1n) is 4.34. The van der Waals surface area contributed by atoms with Crippen LogP contribution in [0.1, 0.15) is 6.92 Å². The van der Waals surface area contributed by atoms with Crippen LogP contribution in [0.2, 0.25) is 9.52 Å². The number of rotatable bonds is 3. The Morgan fingerprint density at radius 1 is 1.73 bits per heavy atom. The summed E-state index contributed by atoms with van der Waals surface area (Å²) >= 11 is 5.53. The average Bonchev–Trinajstić information content (AvgIpc) is 2.15. The van der Waals surface area contributed by atoms with Gasteiger partial charge in [-0.3, -0.25) is 0 Å². The third-order valence-electron chi connectivity index (χ3n) is 0.884. The maximum absolute atomic E-state index is 7.38. The lowest BCUT2D eigenvalue weighted by Crippen LogP contribution is -2.05. The molecule has 0 aliphatic heterocycles. The topological polar surface area (TPSA) is 76.7 Å². The zero-order valence-corrected chi connectivity index (χ0v) is 6.58. The van der Waals surface area contributed by atoms with Crippen molar-refractivity contribution in [2.24, 2.45) is 0 Å². The van der Waals surface area contributed by atoms with Crippen molar-refractivity contribution in [1.29, 1.82) is 0 Å². The molecule has 0 fully saturated rings. The van der Waals surface area contributed by atoms with Crippen LogP contribution in [-0.2, 0) is 0 Å². The standard InChI is InChI=1S/C5H8ClN5/c1-2-8-5-10-3(6)9-4(7)11-5/h2H2,1H3,(H3,7,8,9,10,11)/i/hD3. The Morgan fingerprint density at radius 2 is 2.55 bits per heavy atom. The van der Waals surface area contributed by atoms with Crippen molar-refractivity contribution in [3.63, 3.8) is 0 Å². The van der Waals surface area contributed by atoms with Crippen LogP contribution in [0.3, 0.4) is 0 Å². The molecule has 0 radical (unpaired) electrons. The first kappa shape index (κ1) is 4.71. The minimum atomic E-state index is -0.217. The summed E-state index contributed by atoms with van der Waals surface area (Å²) in [6.45, 7) is 2.11. The maximum atomic E-state index is 7.38. The number of halogens is 1. The Morgan fingerprint density at radius 3 is 3.18 bits per heavy atom. The van der Waals surface area contributed by atoms with Gasteiger partial charge in [0, 0.05) is 6.54 Å². The van der Waals surface area contributed by atoms with Gasteiger partial charge in [-0.05, 0) is 18.5 Å². The van der Waals surface area contributed by atoms with E-state index in [2.05, 4.69) is 15.0 Å². The molecule has 0 spiro atoms. The molecule has 60 valence electrons. The van der Waals surface area contributed by atoms with Crippen molar-refractivity contribution < 1.29 is 4.24 Å². The number of anilines is 2. The summed E-state index contributed by atoms with van der Waals surface area (Å²) in [5.74, 6) is -0.197. The van der Waals surface area contributed by atoms with Gasteiger partial charge in [0.15, 0.2) is 4.24 Å². The highest BCUT2D eigenvalue weighted by Crippen LogP contribution is 2.05. The van der Waals surface area contributed by atoms with Gasteiger partial charge in [0.25, 0.3) is 0 Å². The summed E-state index contributed by atoms with van der Waals surface area (Å²) in [6.07, 6.45) is 0. The Balaban J connectivity index is 3.07. The first-order chi connectivity index (χ1) is 6.54. The number of nitrogens with one attached hydrogen (secondary N) is 1. The predicted molar refractivity (Wildman–Crippen MR) is 43.4 cm³/mol. The molecule has 11 heavy (non-hydrogen) atoms. The molecule has 3 N–H and O–H groups in total. The summed E-state index contributed by atoms with van der Waals surface area (Å²) < 4.78 is 21.2. The Kier molecular flexibility index (Phi) is 1.43. The molecule has 0 aliphatic rings. The maximum Gasteiger partial charge on any atom is 0.228 e. The minimum Gasteiger partial charge on any atom is -0.368 e. The SMILES string of the molecule is [2H]N([2H])c1nc(Cl)nc(N([2H])CC)n1. The number of hydrogen-bond acceptors (Lipinski definition) is 5. The van der Waals surface area contributed by atoms with E-state index in [9.17, 15) is 0 Å². The lowest BCUT2D eigenvalue weighted by atomic mass is 10.7. The van der Waals surface area contributed by atoms with Gasteiger partial charge in [-0.1, -0.05) is 0 Å². The summed E-state index contributed by atoms with van der Waals surface area (Å²) in [5.41, 5.74) is 0.209. The highest BCUT2D eigenvalue weighted by atomic mass is 35.5. The molecule has 5 nitrogen and oxygen atoms in total. The third kappa shape index (κ3) is 2.19. The van der Waals surface area contributed by atoms with E-state index in [1.54, 1.807) is 6.92 Å². The zero-order chi connectivity index (χ0) is 10.7. The molecular weight excluding hydrogens is 166 g/mol. The molecule has 1 aromatic rings. The molecule has 6 heteroatoms. The summed E-state index contributed by atoms with van der Waals surface area (Å²) in [5, 5.41) is 0.848. The van der Waals surface area contributed by atoms with Gasteiger partial charge in [0.2, 0.25) is 17.2 Å². The normalized spacial score (nSPS) is 13.1. The first-order valence-corrected chi connectivity index (χ1v) is 3.38. The van der Waals surface area contributed by atoms with E-state index in [4.69, 9.17) is 15.8 Å². The van der Waals surface area contributed by atoms with Crippen LogP contribution in [0, 0.1) is 0 Å².